The van der Waals surface area contributed by atoms with Crippen LogP contribution < -0.4 is 4.72 Å². The van der Waals surface area contributed by atoms with Gasteiger partial charge in [0.1, 0.15) is 11.6 Å². The van der Waals surface area contributed by atoms with Crippen LogP contribution in [0, 0.1) is 23.0 Å². The molecule has 0 saturated heterocycles. The fraction of sp³-hybridized carbons (Fsp3) is 0.174. The van der Waals surface area contributed by atoms with Crippen molar-refractivity contribution in [1.29, 1.82) is 5.26 Å². The highest BCUT2D eigenvalue weighted by Gasteiger charge is 2.26. The Bertz CT molecular complexity index is 1200. The highest BCUT2D eigenvalue weighted by molar-refractivity contribution is 7.89. The largest absolute Gasteiger partial charge is 0.241 e. The van der Waals surface area contributed by atoms with Crippen LogP contribution in [0.15, 0.2) is 71.6 Å². The van der Waals surface area contributed by atoms with E-state index in [0.29, 0.717) is 23.1 Å². The normalized spacial score (nSPS) is 13.4. The maximum Gasteiger partial charge on any atom is 0.241 e. The molecule has 0 aromatic heterocycles. The van der Waals surface area contributed by atoms with Crippen molar-refractivity contribution >= 4 is 21.6 Å². The smallest absolute Gasteiger partial charge is 0.208 e. The third-order valence-corrected chi connectivity index (χ3v) is 6.69. The highest BCUT2D eigenvalue weighted by atomic mass is 35.5. The van der Waals surface area contributed by atoms with E-state index in [9.17, 15) is 22.5 Å². The number of hydrogen-bond donors (Lipinski definition) is 1. The first-order valence-electron chi connectivity index (χ1n) is 9.41. The van der Waals surface area contributed by atoms with Gasteiger partial charge >= 0.3 is 0 Å². The first-order chi connectivity index (χ1) is 14.7. The lowest BCUT2D eigenvalue weighted by atomic mass is 9.86. The van der Waals surface area contributed by atoms with Gasteiger partial charge < -0.3 is 0 Å². The molecule has 3 aromatic rings. The minimum absolute atomic E-state index is 0.359. The summed E-state index contributed by atoms with van der Waals surface area (Å²) in [5.74, 6) is -2.32. The summed E-state index contributed by atoms with van der Waals surface area (Å²) >= 11 is 5.96. The molecule has 1 N–H and O–H groups in total. The van der Waals surface area contributed by atoms with Gasteiger partial charge in [0.25, 0.3) is 0 Å². The van der Waals surface area contributed by atoms with Gasteiger partial charge in [-0.2, -0.15) is 5.26 Å². The molecule has 0 fully saturated rings. The summed E-state index contributed by atoms with van der Waals surface area (Å²) in [6.45, 7) is 1.67. The molecule has 0 aliphatic rings. The molecule has 0 heterocycles. The summed E-state index contributed by atoms with van der Waals surface area (Å²) in [6, 6.07) is 17.6. The van der Waals surface area contributed by atoms with Crippen LogP contribution in [0.4, 0.5) is 8.78 Å². The number of hydrogen-bond acceptors (Lipinski definition) is 3. The van der Waals surface area contributed by atoms with Crippen molar-refractivity contribution in [2.75, 3.05) is 0 Å². The van der Waals surface area contributed by atoms with E-state index < -0.39 is 32.6 Å². The summed E-state index contributed by atoms with van der Waals surface area (Å²) in [4.78, 5) is -0.493. The lowest BCUT2D eigenvalue weighted by molar-refractivity contribution is 0.501. The van der Waals surface area contributed by atoms with Crippen molar-refractivity contribution in [3.63, 3.8) is 0 Å². The van der Waals surface area contributed by atoms with Gasteiger partial charge in [0.2, 0.25) is 10.0 Å². The predicted molar refractivity (Wildman–Crippen MR) is 115 cm³/mol. The molecule has 3 aromatic carbocycles. The van der Waals surface area contributed by atoms with Crippen LogP contribution in [0.1, 0.15) is 29.5 Å². The van der Waals surface area contributed by atoms with Crippen LogP contribution in [-0.2, 0) is 16.4 Å². The Balaban J connectivity index is 1.95. The lowest BCUT2D eigenvalue weighted by Gasteiger charge is -2.26. The molecule has 0 saturated carbocycles. The van der Waals surface area contributed by atoms with Crippen molar-refractivity contribution in [2.24, 2.45) is 0 Å². The van der Waals surface area contributed by atoms with E-state index in [1.165, 1.54) is 0 Å². The van der Waals surface area contributed by atoms with Crippen molar-refractivity contribution < 1.29 is 17.2 Å². The zero-order valence-corrected chi connectivity index (χ0v) is 18.1. The molecule has 160 valence electrons. The van der Waals surface area contributed by atoms with Gasteiger partial charge in [-0.1, -0.05) is 35.9 Å². The zero-order valence-electron chi connectivity index (χ0n) is 16.5. The maximum absolute atomic E-state index is 13.5. The molecule has 0 unspecified atom stereocenters. The summed E-state index contributed by atoms with van der Waals surface area (Å²) in [5, 5.41) is 9.82. The monoisotopic (exact) mass is 460 g/mol. The van der Waals surface area contributed by atoms with Crippen LogP contribution in [0.25, 0.3) is 0 Å². The number of benzene rings is 3. The second-order valence-corrected chi connectivity index (χ2v) is 9.34. The Morgan fingerprint density at radius 3 is 2.29 bits per heavy atom. The van der Waals surface area contributed by atoms with Crippen molar-refractivity contribution in [3.05, 3.63) is 100 Å². The number of nitrogens with one attached hydrogen (secondary N) is 1. The van der Waals surface area contributed by atoms with Gasteiger partial charge in [0, 0.05) is 23.0 Å². The van der Waals surface area contributed by atoms with Crippen molar-refractivity contribution in [1.82, 2.24) is 4.72 Å². The summed E-state index contributed by atoms with van der Waals surface area (Å²) in [6.07, 6.45) is 0.452. The van der Waals surface area contributed by atoms with E-state index in [1.54, 1.807) is 37.3 Å². The average molecular weight is 461 g/mol. The van der Waals surface area contributed by atoms with Gasteiger partial charge in [-0.25, -0.2) is 21.9 Å². The first-order valence-corrected chi connectivity index (χ1v) is 11.3. The minimum Gasteiger partial charge on any atom is -0.208 e. The lowest BCUT2D eigenvalue weighted by Crippen LogP contribution is -2.38. The number of halogens is 3. The maximum atomic E-state index is 13.5. The van der Waals surface area contributed by atoms with Crippen LogP contribution in [-0.4, -0.2) is 14.5 Å². The van der Waals surface area contributed by atoms with Crippen LogP contribution in [0.5, 0.6) is 0 Å². The summed E-state index contributed by atoms with van der Waals surface area (Å²) in [7, 11) is -4.19. The fourth-order valence-electron chi connectivity index (χ4n) is 3.38. The molecule has 3 rings (SSSR count). The van der Waals surface area contributed by atoms with Gasteiger partial charge in [0.15, 0.2) is 0 Å². The molecule has 8 heteroatoms. The molecule has 0 aliphatic heterocycles. The number of nitriles is 1. The molecular weight excluding hydrogens is 442 g/mol. The molecule has 31 heavy (non-hydrogen) atoms. The molecule has 0 radical (unpaired) electrons. The Labute approximate surface area is 185 Å². The quantitative estimate of drug-likeness (QED) is 0.528. The van der Waals surface area contributed by atoms with Crippen LogP contribution in [0.3, 0.4) is 0 Å². The van der Waals surface area contributed by atoms with Gasteiger partial charge in [-0.05, 0) is 60.9 Å². The zero-order chi connectivity index (χ0) is 22.6. The Hall–Kier alpha value is -2.79. The van der Waals surface area contributed by atoms with E-state index in [1.807, 2.05) is 18.2 Å². The Kier molecular flexibility index (Phi) is 7.06. The third-order valence-electron chi connectivity index (χ3n) is 4.90. The standard InChI is InChI=1S/C23H19ClF2N2O2S/c1-15(28-31(29,30)22-12-20(25)11-21(26)13-22)23(10-16-5-7-19(24)8-6-16)18-4-2-3-17(9-18)14-27/h2-9,11-13,15,23,28H,10H2,1H3/t15-,23+/m0/s1. The molecule has 0 spiro atoms. The average Bonchev–Trinajstić information content (AvgIpc) is 2.72. The second kappa shape index (κ2) is 9.56. The molecule has 0 amide bonds. The predicted octanol–water partition coefficient (Wildman–Crippen LogP) is 5.18. The van der Waals surface area contributed by atoms with Crippen molar-refractivity contribution in [2.45, 2.75) is 30.2 Å². The molecule has 0 aliphatic carbocycles. The SMILES string of the molecule is C[C@H](NS(=O)(=O)c1cc(F)cc(F)c1)[C@@H](Cc1ccc(Cl)cc1)c1cccc(C#N)c1. The van der Waals surface area contributed by atoms with Gasteiger partial charge in [-0.3, -0.25) is 0 Å². The van der Waals surface area contributed by atoms with Crippen molar-refractivity contribution in [3.8, 4) is 6.07 Å². The first kappa shape index (κ1) is 22.9. The van der Waals surface area contributed by atoms with Crippen LogP contribution >= 0.6 is 11.6 Å². The summed E-state index contributed by atoms with van der Waals surface area (Å²) in [5.41, 5.74) is 2.12. The third kappa shape index (κ3) is 5.88. The van der Waals surface area contributed by atoms with Gasteiger partial charge in [-0.15, -0.1) is 0 Å². The van der Waals surface area contributed by atoms with E-state index in [4.69, 9.17) is 11.6 Å². The summed E-state index contributed by atoms with van der Waals surface area (Å²) < 4.78 is 55.2. The number of sulfonamides is 1. The Morgan fingerprint density at radius 1 is 1.03 bits per heavy atom. The molecule has 2 atom stereocenters. The fourth-order valence-corrected chi connectivity index (χ4v) is 4.83. The topological polar surface area (TPSA) is 70.0 Å². The van der Waals surface area contributed by atoms with E-state index in [-0.39, 0.29) is 5.92 Å². The van der Waals surface area contributed by atoms with E-state index >= 15 is 0 Å². The molecular formula is C23H19ClF2N2O2S. The van der Waals surface area contributed by atoms with E-state index in [2.05, 4.69) is 10.8 Å². The number of rotatable bonds is 7. The Morgan fingerprint density at radius 2 is 1.68 bits per heavy atom. The molecule has 0 bridgehead atoms. The van der Waals surface area contributed by atoms with E-state index in [0.717, 1.165) is 23.3 Å². The van der Waals surface area contributed by atoms with Crippen LogP contribution in [0.2, 0.25) is 5.02 Å². The molecule has 4 nitrogen and oxygen atoms in total. The van der Waals surface area contributed by atoms with Gasteiger partial charge in [0.05, 0.1) is 16.5 Å². The second-order valence-electron chi connectivity index (χ2n) is 7.19. The number of nitrogens with zero attached hydrogens (tertiary/aromatic N) is 1. The highest BCUT2D eigenvalue weighted by Crippen LogP contribution is 2.27. The minimum atomic E-state index is -4.19.